The van der Waals surface area contributed by atoms with E-state index < -0.39 is 0 Å². The van der Waals surface area contributed by atoms with Crippen LogP contribution in [0.25, 0.3) is 0 Å². The van der Waals surface area contributed by atoms with E-state index in [9.17, 15) is 4.79 Å². The Hall–Kier alpha value is -1.00. The molecule has 0 aliphatic heterocycles. The molecule has 1 aliphatic rings. The van der Waals surface area contributed by atoms with Crippen LogP contribution in [-0.4, -0.2) is 35.3 Å². The maximum absolute atomic E-state index is 12.6. The summed E-state index contributed by atoms with van der Waals surface area (Å²) in [6, 6.07) is 8.86. The number of ether oxygens (including phenoxy) is 1. The minimum Gasteiger partial charge on any atom is -0.366 e. The van der Waals surface area contributed by atoms with Gasteiger partial charge in [0.05, 0.1) is 6.10 Å². The lowest BCUT2D eigenvalue weighted by molar-refractivity contribution is -0.146. The fraction of sp³-hybridized carbons (Fsp3) is 0.588. The smallest absolute Gasteiger partial charge is 0.251 e. The predicted molar refractivity (Wildman–Crippen MR) is 87.5 cm³/mol. The summed E-state index contributed by atoms with van der Waals surface area (Å²) in [4.78, 5) is 15.8. The zero-order valence-corrected chi connectivity index (χ0v) is 14.2. The molecule has 1 aromatic rings. The van der Waals surface area contributed by atoms with E-state index in [2.05, 4.69) is 30.5 Å². The molecule has 0 unspecified atom stereocenters. The average molecular weight is 307 g/mol. The Bertz CT molecular complexity index is 468. The summed E-state index contributed by atoms with van der Waals surface area (Å²) in [5.74, 6) is 0.111. The van der Waals surface area contributed by atoms with Gasteiger partial charge in [0.15, 0.2) is 0 Å². The second-order valence-corrected chi connectivity index (χ2v) is 6.75. The zero-order valence-electron chi connectivity index (χ0n) is 13.3. The first-order valence-corrected chi connectivity index (χ1v) is 8.82. The van der Waals surface area contributed by atoms with Gasteiger partial charge in [0.1, 0.15) is 6.10 Å². The first-order chi connectivity index (χ1) is 10.0. The highest BCUT2D eigenvalue weighted by molar-refractivity contribution is 7.98. The molecule has 0 saturated heterocycles. The van der Waals surface area contributed by atoms with E-state index in [-0.39, 0.29) is 18.1 Å². The Morgan fingerprint density at radius 2 is 1.90 bits per heavy atom. The second-order valence-electron chi connectivity index (χ2n) is 5.87. The lowest BCUT2D eigenvalue weighted by Gasteiger charge is -2.27. The summed E-state index contributed by atoms with van der Waals surface area (Å²) in [5.41, 5.74) is 1.18. The van der Waals surface area contributed by atoms with E-state index in [1.807, 2.05) is 25.7 Å². The van der Waals surface area contributed by atoms with Crippen LogP contribution in [0.3, 0.4) is 0 Å². The highest BCUT2D eigenvalue weighted by Gasteiger charge is 2.35. The van der Waals surface area contributed by atoms with E-state index in [0.29, 0.717) is 12.6 Å². The lowest BCUT2D eigenvalue weighted by atomic mass is 10.2. The molecule has 0 heterocycles. The highest BCUT2D eigenvalue weighted by atomic mass is 32.2. The maximum atomic E-state index is 12.6. The van der Waals surface area contributed by atoms with Crippen molar-refractivity contribution in [2.75, 3.05) is 6.26 Å². The number of rotatable bonds is 7. The van der Waals surface area contributed by atoms with Gasteiger partial charge in [-0.2, -0.15) is 0 Å². The van der Waals surface area contributed by atoms with Gasteiger partial charge in [-0.1, -0.05) is 12.1 Å². The van der Waals surface area contributed by atoms with Crippen molar-refractivity contribution in [3.63, 3.8) is 0 Å². The Labute approximate surface area is 132 Å². The third-order valence-corrected chi connectivity index (χ3v) is 4.35. The fourth-order valence-electron chi connectivity index (χ4n) is 2.40. The number of nitrogens with zero attached hydrogens (tertiary/aromatic N) is 1. The number of amides is 1. The molecule has 4 heteroatoms. The molecule has 1 fully saturated rings. The topological polar surface area (TPSA) is 29.5 Å². The number of hydrogen-bond acceptors (Lipinski definition) is 3. The van der Waals surface area contributed by atoms with Crippen molar-refractivity contribution in [3.05, 3.63) is 29.8 Å². The molecule has 0 spiro atoms. The van der Waals surface area contributed by atoms with Crippen LogP contribution in [0.1, 0.15) is 39.2 Å². The van der Waals surface area contributed by atoms with Crippen molar-refractivity contribution in [1.29, 1.82) is 0 Å². The van der Waals surface area contributed by atoms with Crippen molar-refractivity contribution < 1.29 is 9.53 Å². The molecule has 1 aliphatic carbocycles. The van der Waals surface area contributed by atoms with Gasteiger partial charge in [0, 0.05) is 17.5 Å². The molecule has 1 aromatic carbocycles. The van der Waals surface area contributed by atoms with Crippen LogP contribution in [0.4, 0.5) is 0 Å². The van der Waals surface area contributed by atoms with Crippen LogP contribution in [0.5, 0.6) is 0 Å². The molecule has 0 aromatic heterocycles. The standard InChI is InChI=1S/C17H25NO2S/c1-12(2)20-13(3)17(19)18(15-7-8-15)11-14-5-9-16(21-4)10-6-14/h5-6,9-10,12-13,15H,7-8,11H2,1-4H3/t13-/m1/s1. The van der Waals surface area contributed by atoms with Gasteiger partial charge in [0.25, 0.3) is 5.91 Å². The minimum atomic E-state index is -0.365. The van der Waals surface area contributed by atoms with Gasteiger partial charge in [-0.25, -0.2) is 0 Å². The molecular formula is C17H25NO2S. The van der Waals surface area contributed by atoms with E-state index >= 15 is 0 Å². The van der Waals surface area contributed by atoms with Crippen LogP contribution in [0, 0.1) is 0 Å². The van der Waals surface area contributed by atoms with Crippen molar-refractivity contribution in [2.45, 2.75) is 63.3 Å². The van der Waals surface area contributed by atoms with Gasteiger partial charge in [0.2, 0.25) is 0 Å². The summed E-state index contributed by atoms with van der Waals surface area (Å²) in [5, 5.41) is 0. The first-order valence-electron chi connectivity index (χ1n) is 7.60. The summed E-state index contributed by atoms with van der Waals surface area (Å²) < 4.78 is 5.65. The van der Waals surface area contributed by atoms with Crippen LogP contribution < -0.4 is 0 Å². The summed E-state index contributed by atoms with van der Waals surface area (Å²) in [7, 11) is 0. The SMILES string of the molecule is CSc1ccc(CN(C(=O)[C@@H](C)OC(C)C)C2CC2)cc1. The molecule has 1 amide bonds. The number of thioether (sulfide) groups is 1. The van der Waals surface area contributed by atoms with Crippen LogP contribution >= 0.6 is 11.8 Å². The summed E-state index contributed by atoms with van der Waals surface area (Å²) >= 11 is 1.73. The van der Waals surface area contributed by atoms with Crippen molar-refractivity contribution >= 4 is 17.7 Å². The Balaban J connectivity index is 2.03. The third-order valence-electron chi connectivity index (χ3n) is 3.61. The average Bonchev–Trinajstić information content (AvgIpc) is 3.28. The molecular weight excluding hydrogens is 282 g/mol. The molecule has 0 bridgehead atoms. The van der Waals surface area contributed by atoms with Crippen LogP contribution in [0.15, 0.2) is 29.2 Å². The monoisotopic (exact) mass is 307 g/mol. The quantitative estimate of drug-likeness (QED) is 0.719. The summed E-state index contributed by atoms with van der Waals surface area (Å²) in [6.45, 7) is 6.47. The second kappa shape index (κ2) is 7.32. The predicted octanol–water partition coefficient (Wildman–Crippen LogP) is 3.71. The Morgan fingerprint density at radius 1 is 1.29 bits per heavy atom. The van der Waals surface area contributed by atoms with Crippen molar-refractivity contribution in [2.24, 2.45) is 0 Å². The van der Waals surface area contributed by atoms with Gasteiger partial charge in [-0.05, 0) is 57.6 Å². The third kappa shape index (κ3) is 4.75. The zero-order chi connectivity index (χ0) is 15.4. The number of benzene rings is 1. The van der Waals surface area contributed by atoms with Crippen molar-refractivity contribution in [1.82, 2.24) is 4.90 Å². The lowest BCUT2D eigenvalue weighted by Crippen LogP contribution is -2.41. The molecule has 0 N–H and O–H groups in total. The molecule has 116 valence electrons. The number of hydrogen-bond donors (Lipinski definition) is 0. The van der Waals surface area contributed by atoms with Gasteiger partial charge < -0.3 is 9.64 Å². The van der Waals surface area contributed by atoms with Crippen LogP contribution in [0.2, 0.25) is 0 Å². The first kappa shape index (κ1) is 16.4. The Morgan fingerprint density at radius 3 is 2.38 bits per heavy atom. The fourth-order valence-corrected chi connectivity index (χ4v) is 2.81. The van der Waals surface area contributed by atoms with Gasteiger partial charge in [-0.15, -0.1) is 11.8 Å². The van der Waals surface area contributed by atoms with Gasteiger partial charge >= 0.3 is 0 Å². The van der Waals surface area contributed by atoms with E-state index in [1.165, 1.54) is 10.5 Å². The van der Waals surface area contributed by atoms with E-state index in [0.717, 1.165) is 12.8 Å². The molecule has 0 radical (unpaired) electrons. The molecule has 1 atom stereocenters. The Kier molecular flexibility index (Phi) is 5.71. The normalized spacial score (nSPS) is 16.0. The summed E-state index contributed by atoms with van der Waals surface area (Å²) in [6.07, 6.45) is 4.01. The largest absolute Gasteiger partial charge is 0.366 e. The molecule has 21 heavy (non-hydrogen) atoms. The minimum absolute atomic E-state index is 0.0749. The van der Waals surface area contributed by atoms with Crippen molar-refractivity contribution in [3.8, 4) is 0 Å². The molecule has 2 rings (SSSR count). The van der Waals surface area contributed by atoms with Gasteiger partial charge in [-0.3, -0.25) is 4.79 Å². The number of carbonyl (C=O) groups excluding carboxylic acids is 1. The maximum Gasteiger partial charge on any atom is 0.251 e. The van der Waals surface area contributed by atoms with E-state index in [4.69, 9.17) is 4.74 Å². The molecule has 3 nitrogen and oxygen atoms in total. The number of carbonyl (C=O) groups is 1. The molecule has 1 saturated carbocycles. The van der Waals surface area contributed by atoms with E-state index in [1.54, 1.807) is 11.8 Å². The highest BCUT2D eigenvalue weighted by Crippen LogP contribution is 2.29. The van der Waals surface area contributed by atoms with Crippen LogP contribution in [-0.2, 0) is 16.1 Å².